The molecule has 11 heavy (non-hydrogen) atoms. The van der Waals surface area contributed by atoms with Gasteiger partial charge in [0.1, 0.15) is 5.78 Å². The zero-order chi connectivity index (χ0) is 7.70. The van der Waals surface area contributed by atoms with Crippen LogP contribution >= 0.6 is 0 Å². The first-order chi connectivity index (χ1) is 4.18. The van der Waals surface area contributed by atoms with Crippen molar-refractivity contribution in [3.05, 3.63) is 7.43 Å². The number of rotatable bonds is 2. The molecule has 0 bridgehead atoms. The number of ketones is 1. The van der Waals surface area contributed by atoms with Crippen LogP contribution in [0.3, 0.4) is 0 Å². The van der Waals surface area contributed by atoms with Crippen LogP contribution in [0.1, 0.15) is 26.7 Å². The summed E-state index contributed by atoms with van der Waals surface area (Å²) in [5.41, 5.74) is 0. The molecule has 1 N–H and O–H groups in total. The standard InChI is InChI=1S/C5H10O.CHO2.CH3.Y/c1-3-4-5(2)6;2-1-3;;/h3-4H2,1-2H3;(H,2,3);1H3;/q;2*-1;. The van der Waals surface area contributed by atoms with Crippen LogP contribution in [0.4, 0.5) is 0 Å². The second-order valence-corrected chi connectivity index (χ2v) is 1.54. The van der Waals surface area contributed by atoms with Gasteiger partial charge in [-0.05, 0) is 13.3 Å². The van der Waals surface area contributed by atoms with Gasteiger partial charge in [-0.2, -0.15) is 0 Å². The molecule has 0 aromatic rings. The quantitative estimate of drug-likeness (QED) is 0.736. The molecule has 0 aliphatic rings. The Labute approximate surface area is 93.4 Å². The molecule has 1 radical (unpaired) electrons. The van der Waals surface area contributed by atoms with Crippen LogP contribution in [0.15, 0.2) is 0 Å². The van der Waals surface area contributed by atoms with Crippen molar-refractivity contribution in [2.24, 2.45) is 0 Å². The average molecular weight is 235 g/mol. The van der Waals surface area contributed by atoms with E-state index in [0.717, 1.165) is 12.8 Å². The molecule has 0 saturated carbocycles. The Morgan fingerprint density at radius 2 is 1.82 bits per heavy atom. The van der Waals surface area contributed by atoms with E-state index in [4.69, 9.17) is 9.90 Å². The van der Waals surface area contributed by atoms with Crippen molar-refractivity contribution in [2.75, 3.05) is 0 Å². The monoisotopic (exact) mass is 235 g/mol. The minimum atomic E-state index is 0. The fraction of sp³-hybridized carbons (Fsp3) is 0.571. The smallest absolute Gasteiger partial charge is 0.129 e. The van der Waals surface area contributed by atoms with Crippen LogP contribution in [-0.2, 0) is 42.3 Å². The summed E-state index contributed by atoms with van der Waals surface area (Å²) in [4.78, 5) is 18.3. The third kappa shape index (κ3) is 66.2. The molecular weight excluding hydrogens is 221 g/mol. The Bertz CT molecular complexity index is 83.8. The van der Waals surface area contributed by atoms with Gasteiger partial charge in [-0.1, -0.05) is 13.4 Å². The van der Waals surface area contributed by atoms with Crippen LogP contribution in [0.2, 0.25) is 0 Å². The topological polar surface area (TPSA) is 54.4 Å². The third-order valence-electron chi connectivity index (χ3n) is 0.602. The summed E-state index contributed by atoms with van der Waals surface area (Å²) < 4.78 is 0. The Morgan fingerprint density at radius 1 is 1.55 bits per heavy atom. The molecule has 0 fully saturated rings. The maximum atomic E-state index is 10.0. The maximum Gasteiger partial charge on any atom is 0.129 e. The minimum absolute atomic E-state index is 0. The van der Waals surface area contributed by atoms with Gasteiger partial charge in [-0.3, -0.25) is 0 Å². The molecule has 0 aromatic heterocycles. The second kappa shape index (κ2) is 22.5. The van der Waals surface area contributed by atoms with E-state index in [-0.39, 0.29) is 45.9 Å². The molecule has 0 spiro atoms. The van der Waals surface area contributed by atoms with Crippen LogP contribution < -0.4 is 0 Å². The van der Waals surface area contributed by atoms with E-state index in [2.05, 4.69) is 0 Å². The molecule has 0 aliphatic heterocycles. The van der Waals surface area contributed by atoms with Gasteiger partial charge in [0, 0.05) is 39.1 Å². The number of Topliss-reactive ketones (excluding diaryl/α,β-unsaturated/α-hetero) is 1. The van der Waals surface area contributed by atoms with E-state index in [0.29, 0.717) is 6.47 Å². The van der Waals surface area contributed by atoms with E-state index in [1.165, 1.54) is 0 Å². The van der Waals surface area contributed by atoms with E-state index in [1.54, 1.807) is 6.92 Å². The van der Waals surface area contributed by atoms with E-state index >= 15 is 0 Å². The van der Waals surface area contributed by atoms with Gasteiger partial charge in [0.25, 0.3) is 0 Å². The summed E-state index contributed by atoms with van der Waals surface area (Å²) in [5, 5.41) is 6.76. The van der Waals surface area contributed by atoms with Crippen molar-refractivity contribution in [1.29, 1.82) is 0 Å². The molecule has 0 heterocycles. The number of carbonyl (C=O) groups excluding carboxylic acids is 1. The zero-order valence-corrected chi connectivity index (χ0v) is 10.1. The van der Waals surface area contributed by atoms with Gasteiger partial charge >= 0.3 is 0 Å². The molecule has 0 rings (SSSR count). The summed E-state index contributed by atoms with van der Waals surface area (Å²) in [6.07, 6.45) is 1.72. The largest absolute Gasteiger partial charge is 0.665 e. The first kappa shape index (κ1) is 22.5. The summed E-state index contributed by atoms with van der Waals surface area (Å²) in [6.45, 7) is 4.12. The number of hydrogen-bond acceptors (Lipinski definition) is 2. The van der Waals surface area contributed by atoms with Crippen molar-refractivity contribution in [2.45, 2.75) is 26.7 Å². The van der Waals surface area contributed by atoms with Gasteiger partial charge in [0.2, 0.25) is 0 Å². The van der Waals surface area contributed by atoms with Crippen LogP contribution in [0.25, 0.3) is 0 Å². The van der Waals surface area contributed by atoms with Gasteiger partial charge in [-0.15, -0.1) is 0 Å². The Balaban J connectivity index is -0.0000000437. The predicted molar refractivity (Wildman–Crippen MR) is 40.3 cm³/mol. The van der Waals surface area contributed by atoms with Crippen molar-refractivity contribution < 1.29 is 47.4 Å². The molecule has 65 valence electrons. The first-order valence-electron chi connectivity index (χ1n) is 2.69. The molecule has 0 atom stereocenters. The van der Waals surface area contributed by atoms with Crippen LogP contribution in [0.5, 0.6) is 0 Å². The van der Waals surface area contributed by atoms with Crippen LogP contribution in [0, 0.1) is 7.43 Å². The van der Waals surface area contributed by atoms with E-state index in [1.807, 2.05) is 6.92 Å². The van der Waals surface area contributed by atoms with Gasteiger partial charge < -0.3 is 22.1 Å². The molecule has 3 nitrogen and oxygen atoms in total. The Morgan fingerprint density at radius 3 is 1.82 bits per heavy atom. The number of aliphatic hydroxyl groups excluding tert-OH is 1. The fourth-order valence-corrected chi connectivity index (χ4v) is 0.352. The first-order valence-corrected chi connectivity index (χ1v) is 2.69. The molecule has 0 unspecified atom stereocenters. The molecular formula is C7H14O3Y-2. The summed E-state index contributed by atoms with van der Waals surface area (Å²) in [7, 11) is 0. The van der Waals surface area contributed by atoms with Gasteiger partial charge in [0.05, 0.1) is 0 Å². The third-order valence-corrected chi connectivity index (χ3v) is 0.602. The Hall–Kier alpha value is 0.244. The molecule has 4 heteroatoms. The maximum absolute atomic E-state index is 10.0. The van der Waals surface area contributed by atoms with Crippen molar-refractivity contribution in [1.82, 2.24) is 0 Å². The van der Waals surface area contributed by atoms with E-state index in [9.17, 15) is 4.79 Å². The van der Waals surface area contributed by atoms with Crippen molar-refractivity contribution in [3.8, 4) is 0 Å². The SMILES string of the molecule is CCCC(C)=O.O=[C-]O.[CH3-].[Y]. The fourth-order valence-electron chi connectivity index (χ4n) is 0.352. The van der Waals surface area contributed by atoms with Crippen LogP contribution in [-0.4, -0.2) is 17.4 Å². The number of hydrogen-bond donors (Lipinski definition) is 1. The molecule has 0 amide bonds. The van der Waals surface area contributed by atoms with Gasteiger partial charge in [0.15, 0.2) is 0 Å². The predicted octanol–water partition coefficient (Wildman–Crippen LogP) is 1.43. The second-order valence-electron chi connectivity index (χ2n) is 1.54. The summed E-state index contributed by atoms with van der Waals surface area (Å²) >= 11 is 0. The average Bonchev–Trinajstić information content (AvgIpc) is 1.67. The summed E-state index contributed by atoms with van der Waals surface area (Å²) in [6, 6.07) is 0. The molecule has 0 aliphatic carbocycles. The zero-order valence-electron chi connectivity index (χ0n) is 7.26. The van der Waals surface area contributed by atoms with Crippen molar-refractivity contribution in [3.63, 3.8) is 0 Å². The van der Waals surface area contributed by atoms with Crippen molar-refractivity contribution >= 4 is 12.3 Å². The minimum Gasteiger partial charge on any atom is -0.665 e. The molecule has 0 saturated heterocycles. The summed E-state index contributed by atoms with van der Waals surface area (Å²) in [5.74, 6) is 0.289. The normalized spacial score (nSPS) is 5.64. The number of carbonyl (C=O) groups is 1. The van der Waals surface area contributed by atoms with E-state index < -0.39 is 0 Å². The molecule has 0 aromatic carbocycles. The Kier molecular flexibility index (Phi) is 45.9. The van der Waals surface area contributed by atoms with Gasteiger partial charge in [-0.25, -0.2) is 0 Å².